The van der Waals surface area contributed by atoms with Crippen molar-refractivity contribution in [2.45, 2.75) is 6.04 Å². The number of benzene rings is 2. The number of rotatable bonds is 4. The fraction of sp³-hybridized carbons (Fsp3) is 0.143. The maximum Gasteiger partial charge on any atom is 0.125 e. The predicted octanol–water partition coefficient (Wildman–Crippen LogP) is 5.01. The molecule has 0 aliphatic heterocycles. The second-order valence-corrected chi connectivity index (χ2v) is 5.90. The Kier molecular flexibility index (Phi) is 5.27. The molecule has 0 spiro atoms. The zero-order valence-electron chi connectivity index (χ0n) is 10.3. The molecule has 0 saturated carbocycles. The van der Waals surface area contributed by atoms with Crippen LogP contribution in [0.25, 0.3) is 0 Å². The molecule has 0 bridgehead atoms. The summed E-state index contributed by atoms with van der Waals surface area (Å²) in [5.41, 5.74) is 7.18. The van der Waals surface area contributed by atoms with Crippen LogP contribution in [0.15, 0.2) is 40.9 Å². The van der Waals surface area contributed by atoms with Gasteiger partial charge in [0.25, 0.3) is 0 Å². The largest absolute Gasteiger partial charge is 0.376 e. The summed E-state index contributed by atoms with van der Waals surface area (Å²) >= 11 is 15.4. The van der Waals surface area contributed by atoms with E-state index in [2.05, 4.69) is 21.2 Å². The number of nitrogens with two attached hydrogens (primary N) is 1. The van der Waals surface area contributed by atoms with E-state index in [1.807, 2.05) is 18.2 Å². The summed E-state index contributed by atoms with van der Waals surface area (Å²) < 4.78 is 14.1. The van der Waals surface area contributed by atoms with E-state index in [0.717, 1.165) is 10.0 Å². The molecule has 0 aliphatic carbocycles. The van der Waals surface area contributed by atoms with Crippen LogP contribution in [0.5, 0.6) is 0 Å². The molecule has 0 aromatic heterocycles. The van der Waals surface area contributed by atoms with E-state index in [-0.39, 0.29) is 11.9 Å². The van der Waals surface area contributed by atoms with Crippen LogP contribution in [0.3, 0.4) is 0 Å². The van der Waals surface area contributed by atoms with Crippen molar-refractivity contribution in [2.75, 3.05) is 11.9 Å². The third-order valence-electron chi connectivity index (χ3n) is 2.84. The molecule has 2 aromatic rings. The lowest BCUT2D eigenvalue weighted by atomic mass is 10.1. The van der Waals surface area contributed by atoms with E-state index < -0.39 is 0 Å². The van der Waals surface area contributed by atoms with Crippen LogP contribution < -0.4 is 11.1 Å². The van der Waals surface area contributed by atoms with E-state index >= 15 is 0 Å². The Morgan fingerprint density at radius 3 is 2.55 bits per heavy atom. The van der Waals surface area contributed by atoms with Crippen molar-refractivity contribution in [1.82, 2.24) is 0 Å². The topological polar surface area (TPSA) is 38.0 Å². The van der Waals surface area contributed by atoms with Gasteiger partial charge in [0.15, 0.2) is 0 Å². The molecule has 3 N–H and O–H groups in total. The summed E-state index contributed by atoms with van der Waals surface area (Å²) in [7, 11) is 0. The second kappa shape index (κ2) is 6.76. The highest BCUT2D eigenvalue weighted by molar-refractivity contribution is 9.10. The lowest BCUT2D eigenvalue weighted by Gasteiger charge is -2.20. The van der Waals surface area contributed by atoms with Crippen molar-refractivity contribution in [3.05, 3.63) is 62.3 Å². The van der Waals surface area contributed by atoms with E-state index in [9.17, 15) is 4.39 Å². The Hall–Kier alpha value is -0.810. The van der Waals surface area contributed by atoms with Crippen molar-refractivity contribution >= 4 is 44.8 Å². The Bertz CT molecular complexity index is 622. The third kappa shape index (κ3) is 3.64. The number of nitrogens with one attached hydrogen (secondary N) is 1. The standard InChI is InChI=1S/C14H12BrCl2FN2/c15-10-3-1-8(5-12(10)17)14(7-19)20-13-6-9(18)2-4-11(13)16/h1-6,14,20H,7,19H2. The molecular formula is C14H12BrCl2FN2. The monoisotopic (exact) mass is 376 g/mol. The number of anilines is 1. The Morgan fingerprint density at radius 1 is 1.15 bits per heavy atom. The van der Waals surface area contributed by atoms with Gasteiger partial charge in [-0.25, -0.2) is 4.39 Å². The van der Waals surface area contributed by atoms with Gasteiger partial charge in [0.05, 0.1) is 21.8 Å². The lowest BCUT2D eigenvalue weighted by Crippen LogP contribution is -2.20. The van der Waals surface area contributed by atoms with E-state index in [0.29, 0.717) is 22.3 Å². The third-order valence-corrected chi connectivity index (χ3v) is 4.40. The van der Waals surface area contributed by atoms with E-state index in [1.54, 1.807) is 0 Å². The first-order chi connectivity index (χ1) is 9.51. The SMILES string of the molecule is NCC(Nc1cc(F)ccc1Cl)c1ccc(Br)c(Cl)c1. The van der Waals surface area contributed by atoms with Crippen LogP contribution in [0.4, 0.5) is 10.1 Å². The van der Waals surface area contributed by atoms with Gasteiger partial charge in [0.2, 0.25) is 0 Å². The van der Waals surface area contributed by atoms with Crippen molar-refractivity contribution in [1.29, 1.82) is 0 Å². The number of hydrogen-bond acceptors (Lipinski definition) is 2. The fourth-order valence-electron chi connectivity index (χ4n) is 1.80. The normalized spacial score (nSPS) is 12.2. The highest BCUT2D eigenvalue weighted by atomic mass is 79.9. The van der Waals surface area contributed by atoms with Gasteiger partial charge in [0, 0.05) is 11.0 Å². The van der Waals surface area contributed by atoms with Crippen molar-refractivity contribution < 1.29 is 4.39 Å². The predicted molar refractivity (Wildman–Crippen MR) is 86.0 cm³/mol. The van der Waals surface area contributed by atoms with Gasteiger partial charge in [0.1, 0.15) is 5.82 Å². The second-order valence-electron chi connectivity index (χ2n) is 4.23. The zero-order valence-corrected chi connectivity index (χ0v) is 13.4. The van der Waals surface area contributed by atoms with Gasteiger partial charge in [-0.3, -0.25) is 0 Å². The van der Waals surface area contributed by atoms with Crippen LogP contribution in [-0.4, -0.2) is 6.54 Å². The van der Waals surface area contributed by atoms with Crippen LogP contribution in [0, 0.1) is 5.82 Å². The smallest absolute Gasteiger partial charge is 0.125 e. The fourth-order valence-corrected chi connectivity index (χ4v) is 2.41. The summed E-state index contributed by atoms with van der Waals surface area (Å²) in [6.45, 7) is 0.324. The molecule has 0 saturated heterocycles. The molecule has 2 nitrogen and oxygen atoms in total. The van der Waals surface area contributed by atoms with Crippen LogP contribution in [0.2, 0.25) is 10.0 Å². The minimum absolute atomic E-state index is 0.208. The van der Waals surface area contributed by atoms with Gasteiger partial charge in [-0.1, -0.05) is 29.3 Å². The molecule has 106 valence electrons. The summed E-state index contributed by atoms with van der Waals surface area (Å²) in [6.07, 6.45) is 0. The molecule has 0 heterocycles. The molecule has 6 heteroatoms. The average molecular weight is 378 g/mol. The summed E-state index contributed by atoms with van der Waals surface area (Å²) in [5, 5.41) is 4.16. The molecule has 1 unspecified atom stereocenters. The van der Waals surface area contributed by atoms with Gasteiger partial charge >= 0.3 is 0 Å². The Labute approximate surface area is 135 Å². The molecule has 0 radical (unpaired) electrons. The number of hydrogen-bond donors (Lipinski definition) is 2. The average Bonchev–Trinajstić information content (AvgIpc) is 2.43. The molecule has 0 fully saturated rings. The van der Waals surface area contributed by atoms with Crippen molar-refractivity contribution in [3.8, 4) is 0 Å². The minimum atomic E-state index is -0.360. The van der Waals surface area contributed by atoms with Crippen LogP contribution >= 0.6 is 39.1 Å². The molecule has 1 atom stereocenters. The molecule has 2 rings (SSSR count). The zero-order chi connectivity index (χ0) is 14.7. The molecule has 20 heavy (non-hydrogen) atoms. The minimum Gasteiger partial charge on any atom is -0.376 e. The maximum absolute atomic E-state index is 13.3. The first kappa shape index (κ1) is 15.6. The number of halogens is 4. The molecular weight excluding hydrogens is 366 g/mol. The lowest BCUT2D eigenvalue weighted by molar-refractivity contribution is 0.627. The van der Waals surface area contributed by atoms with E-state index in [1.165, 1.54) is 18.2 Å². The first-order valence-corrected chi connectivity index (χ1v) is 7.42. The first-order valence-electron chi connectivity index (χ1n) is 5.88. The van der Waals surface area contributed by atoms with Gasteiger partial charge < -0.3 is 11.1 Å². The Balaban J connectivity index is 2.28. The highest BCUT2D eigenvalue weighted by Gasteiger charge is 2.13. The van der Waals surface area contributed by atoms with Crippen molar-refractivity contribution in [2.24, 2.45) is 5.73 Å². The summed E-state index contributed by atoms with van der Waals surface area (Å²) in [4.78, 5) is 0. The summed E-state index contributed by atoms with van der Waals surface area (Å²) in [6, 6.07) is 9.49. The van der Waals surface area contributed by atoms with Crippen LogP contribution in [0.1, 0.15) is 11.6 Å². The molecule has 2 aromatic carbocycles. The molecule has 0 aliphatic rings. The molecule has 0 amide bonds. The van der Waals surface area contributed by atoms with Crippen LogP contribution in [-0.2, 0) is 0 Å². The summed E-state index contributed by atoms with van der Waals surface area (Å²) in [5.74, 6) is -0.360. The van der Waals surface area contributed by atoms with Gasteiger partial charge in [-0.2, -0.15) is 0 Å². The highest BCUT2D eigenvalue weighted by Crippen LogP contribution is 2.30. The van der Waals surface area contributed by atoms with E-state index in [4.69, 9.17) is 28.9 Å². The van der Waals surface area contributed by atoms with Gasteiger partial charge in [-0.15, -0.1) is 0 Å². The quantitative estimate of drug-likeness (QED) is 0.786. The maximum atomic E-state index is 13.3. The van der Waals surface area contributed by atoms with Gasteiger partial charge in [-0.05, 0) is 51.8 Å². The van der Waals surface area contributed by atoms with Crippen molar-refractivity contribution in [3.63, 3.8) is 0 Å². The Morgan fingerprint density at radius 2 is 1.90 bits per heavy atom.